The molecule has 0 atom stereocenters. The smallest absolute Gasteiger partial charge is 0.336 e. The predicted molar refractivity (Wildman–Crippen MR) is 100 cm³/mol. The number of nitrogens with zero attached hydrogens (tertiary/aromatic N) is 1. The van der Waals surface area contributed by atoms with Crippen molar-refractivity contribution in [3.8, 4) is 5.75 Å². The number of rotatable bonds is 5. The number of aryl methyl sites for hydroxylation is 1. The van der Waals surface area contributed by atoms with E-state index in [1.165, 1.54) is 12.1 Å². The Balaban J connectivity index is 1.93. The maximum atomic E-state index is 11.9. The number of fused-ring (bicyclic) bond motifs is 1. The fourth-order valence-corrected chi connectivity index (χ4v) is 3.23. The minimum Gasteiger partial charge on any atom is -0.508 e. The lowest BCUT2D eigenvalue weighted by Crippen LogP contribution is -2.18. The third kappa shape index (κ3) is 4.03. The minimum atomic E-state index is -0.415. The fraction of sp³-hybridized carbons (Fsp3) is 0.250. The fourth-order valence-electron chi connectivity index (χ4n) is 3.01. The molecule has 2 aromatic carbocycles. The van der Waals surface area contributed by atoms with Crippen LogP contribution in [0.4, 0.5) is 0 Å². The average Bonchev–Trinajstić information content (AvgIpc) is 2.54. The van der Waals surface area contributed by atoms with Gasteiger partial charge in [0.25, 0.3) is 0 Å². The Morgan fingerprint density at radius 3 is 2.64 bits per heavy atom. The Morgan fingerprint density at radius 1 is 1.12 bits per heavy atom. The molecular formula is C20H20ClNO3. The number of phenols is 1. The van der Waals surface area contributed by atoms with Crippen LogP contribution >= 0.6 is 11.6 Å². The quantitative estimate of drug-likeness (QED) is 0.690. The lowest BCUT2D eigenvalue weighted by Gasteiger charge is -2.18. The van der Waals surface area contributed by atoms with Crippen molar-refractivity contribution < 1.29 is 9.52 Å². The maximum Gasteiger partial charge on any atom is 0.336 e. The van der Waals surface area contributed by atoms with Gasteiger partial charge in [-0.05, 0) is 48.4 Å². The second kappa shape index (κ2) is 7.30. The van der Waals surface area contributed by atoms with Gasteiger partial charge in [0.05, 0.1) is 0 Å². The van der Waals surface area contributed by atoms with Crippen molar-refractivity contribution in [3.63, 3.8) is 0 Å². The Hall–Kier alpha value is -2.30. The van der Waals surface area contributed by atoms with Gasteiger partial charge in [-0.2, -0.15) is 0 Å². The average molecular weight is 358 g/mol. The van der Waals surface area contributed by atoms with Crippen LogP contribution in [0, 0.1) is 0 Å². The predicted octanol–water partition coefficient (Wildman–Crippen LogP) is 4.35. The first-order chi connectivity index (χ1) is 12.0. The number of halogens is 1. The Morgan fingerprint density at radius 2 is 1.92 bits per heavy atom. The van der Waals surface area contributed by atoms with Crippen LogP contribution in [0.2, 0.25) is 5.02 Å². The van der Waals surface area contributed by atoms with E-state index in [9.17, 15) is 9.90 Å². The Labute approximate surface area is 151 Å². The minimum absolute atomic E-state index is 0.155. The van der Waals surface area contributed by atoms with E-state index in [1.807, 2.05) is 44.3 Å². The van der Waals surface area contributed by atoms with Gasteiger partial charge in [-0.15, -0.1) is 0 Å². The molecule has 4 nitrogen and oxygen atoms in total. The largest absolute Gasteiger partial charge is 0.508 e. The van der Waals surface area contributed by atoms with E-state index in [2.05, 4.69) is 4.90 Å². The van der Waals surface area contributed by atoms with Crippen molar-refractivity contribution in [1.29, 1.82) is 0 Å². The van der Waals surface area contributed by atoms with Crippen LogP contribution in [0.3, 0.4) is 0 Å². The first-order valence-electron chi connectivity index (χ1n) is 8.18. The van der Waals surface area contributed by atoms with Crippen LogP contribution in [0.5, 0.6) is 5.75 Å². The molecule has 0 aliphatic rings. The molecular weight excluding hydrogens is 338 g/mol. The summed E-state index contributed by atoms with van der Waals surface area (Å²) in [5.74, 6) is 0.155. The SMILES string of the molecule is CCc1cc2c(CN(C)Cc3cccc(Cl)c3)cc(=O)oc2cc1O. The molecule has 3 rings (SSSR count). The van der Waals surface area contributed by atoms with E-state index < -0.39 is 5.63 Å². The molecule has 1 aromatic heterocycles. The summed E-state index contributed by atoms with van der Waals surface area (Å²) < 4.78 is 5.25. The van der Waals surface area contributed by atoms with Gasteiger partial charge < -0.3 is 9.52 Å². The first-order valence-corrected chi connectivity index (χ1v) is 8.55. The first kappa shape index (κ1) is 17.5. The molecule has 0 fully saturated rings. The monoisotopic (exact) mass is 357 g/mol. The zero-order valence-corrected chi connectivity index (χ0v) is 15.0. The van der Waals surface area contributed by atoms with Crippen LogP contribution in [0.1, 0.15) is 23.6 Å². The lowest BCUT2D eigenvalue weighted by molar-refractivity contribution is 0.319. The zero-order chi connectivity index (χ0) is 18.0. The maximum absolute atomic E-state index is 11.9. The topological polar surface area (TPSA) is 53.7 Å². The Kier molecular flexibility index (Phi) is 5.11. The Bertz CT molecular complexity index is 965. The number of hydrogen-bond donors (Lipinski definition) is 1. The molecule has 3 aromatic rings. The summed E-state index contributed by atoms with van der Waals surface area (Å²) in [6.07, 6.45) is 0.707. The molecule has 0 aliphatic carbocycles. The number of hydrogen-bond acceptors (Lipinski definition) is 4. The van der Waals surface area contributed by atoms with Crippen LogP contribution in [-0.2, 0) is 19.5 Å². The van der Waals surface area contributed by atoms with Crippen molar-refractivity contribution >= 4 is 22.6 Å². The summed E-state index contributed by atoms with van der Waals surface area (Å²) in [7, 11) is 1.99. The van der Waals surface area contributed by atoms with Crippen molar-refractivity contribution in [2.24, 2.45) is 0 Å². The summed E-state index contributed by atoms with van der Waals surface area (Å²) in [5, 5.41) is 11.6. The summed E-state index contributed by atoms with van der Waals surface area (Å²) >= 11 is 6.04. The van der Waals surface area contributed by atoms with E-state index >= 15 is 0 Å². The highest BCUT2D eigenvalue weighted by molar-refractivity contribution is 6.30. The van der Waals surface area contributed by atoms with Gasteiger partial charge in [-0.25, -0.2) is 4.79 Å². The number of phenolic OH excluding ortho intramolecular Hbond substituents is 1. The summed E-state index contributed by atoms with van der Waals surface area (Å²) in [4.78, 5) is 14.0. The molecule has 0 amide bonds. The summed E-state index contributed by atoms with van der Waals surface area (Å²) in [5.41, 5.74) is 2.82. The van der Waals surface area contributed by atoms with Crippen LogP contribution in [-0.4, -0.2) is 17.1 Å². The molecule has 1 heterocycles. The molecule has 0 saturated heterocycles. The highest BCUT2D eigenvalue weighted by Gasteiger charge is 2.12. The van der Waals surface area contributed by atoms with Crippen LogP contribution in [0.25, 0.3) is 11.0 Å². The van der Waals surface area contributed by atoms with Crippen molar-refractivity contribution in [2.45, 2.75) is 26.4 Å². The molecule has 0 bridgehead atoms. The normalized spacial score (nSPS) is 11.4. The molecule has 0 aliphatic heterocycles. The molecule has 0 unspecified atom stereocenters. The molecule has 5 heteroatoms. The third-order valence-electron chi connectivity index (χ3n) is 4.19. The number of benzene rings is 2. The molecule has 0 radical (unpaired) electrons. The van der Waals surface area contributed by atoms with Gasteiger partial charge in [0.15, 0.2) is 0 Å². The molecule has 130 valence electrons. The van der Waals surface area contributed by atoms with Gasteiger partial charge in [0, 0.05) is 35.6 Å². The lowest BCUT2D eigenvalue weighted by atomic mass is 10.0. The summed E-state index contributed by atoms with van der Waals surface area (Å²) in [6, 6.07) is 12.7. The van der Waals surface area contributed by atoms with E-state index in [-0.39, 0.29) is 5.75 Å². The van der Waals surface area contributed by atoms with E-state index in [0.717, 1.165) is 22.1 Å². The van der Waals surface area contributed by atoms with Crippen molar-refractivity contribution in [3.05, 3.63) is 74.6 Å². The van der Waals surface area contributed by atoms with Crippen molar-refractivity contribution in [2.75, 3.05) is 7.05 Å². The van der Waals surface area contributed by atoms with Gasteiger partial charge in [-0.3, -0.25) is 4.90 Å². The second-order valence-corrected chi connectivity index (χ2v) is 6.66. The standard InChI is InChI=1S/C20H20ClNO3/c1-3-14-8-17-15(9-20(24)25-19(17)10-18(14)23)12-22(2)11-13-5-4-6-16(21)7-13/h4-10,23H,3,11-12H2,1-2H3. The van der Waals surface area contributed by atoms with Crippen LogP contribution < -0.4 is 5.63 Å². The van der Waals surface area contributed by atoms with Crippen LogP contribution in [0.15, 0.2) is 51.7 Å². The van der Waals surface area contributed by atoms with E-state index in [0.29, 0.717) is 30.1 Å². The molecule has 25 heavy (non-hydrogen) atoms. The molecule has 0 saturated carbocycles. The third-order valence-corrected chi connectivity index (χ3v) is 4.43. The van der Waals surface area contributed by atoms with Gasteiger partial charge in [0.1, 0.15) is 11.3 Å². The van der Waals surface area contributed by atoms with Gasteiger partial charge in [0.2, 0.25) is 0 Å². The highest BCUT2D eigenvalue weighted by atomic mass is 35.5. The van der Waals surface area contributed by atoms with Crippen molar-refractivity contribution in [1.82, 2.24) is 4.90 Å². The molecule has 1 N–H and O–H groups in total. The van der Waals surface area contributed by atoms with Gasteiger partial charge in [-0.1, -0.05) is 30.7 Å². The number of aromatic hydroxyl groups is 1. The van der Waals surface area contributed by atoms with E-state index in [4.69, 9.17) is 16.0 Å². The zero-order valence-electron chi connectivity index (χ0n) is 14.3. The second-order valence-electron chi connectivity index (χ2n) is 6.22. The summed E-state index contributed by atoms with van der Waals surface area (Å²) in [6.45, 7) is 3.27. The highest BCUT2D eigenvalue weighted by Crippen LogP contribution is 2.27. The molecule has 0 spiro atoms. The van der Waals surface area contributed by atoms with Gasteiger partial charge >= 0.3 is 5.63 Å². The van der Waals surface area contributed by atoms with E-state index in [1.54, 1.807) is 0 Å².